The topological polar surface area (TPSA) is 70.1 Å². The van der Waals surface area contributed by atoms with E-state index < -0.39 is 12.1 Å². The van der Waals surface area contributed by atoms with Crippen molar-refractivity contribution in [3.05, 3.63) is 0 Å². The van der Waals surface area contributed by atoms with Gasteiger partial charge < -0.3 is 5.11 Å². The molecular weight excluding hydrogens is 188 g/mol. The molecule has 0 fully saturated rings. The fourth-order valence-electron chi connectivity index (χ4n) is 1.05. The van der Waals surface area contributed by atoms with Crippen LogP contribution in [0.3, 0.4) is 0 Å². The highest BCUT2D eigenvalue weighted by molar-refractivity contribution is 5.84. The van der Waals surface area contributed by atoms with E-state index in [2.05, 4.69) is 4.84 Å². The first kappa shape index (κ1) is 12.7. The summed E-state index contributed by atoms with van der Waals surface area (Å²) in [6, 6.07) is -0.697. The predicted molar refractivity (Wildman–Crippen MR) is 49.6 cm³/mol. The molecule has 82 valence electrons. The number of carboxylic acid groups (broad SMARTS) is 1. The maximum atomic E-state index is 11.5. The normalized spacial score (nSPS) is 12.0. The summed E-state index contributed by atoms with van der Waals surface area (Å²) in [6.45, 7) is 1.74. The summed E-state index contributed by atoms with van der Waals surface area (Å²) in [5.41, 5.74) is 0. The van der Waals surface area contributed by atoms with Crippen molar-refractivity contribution in [3.8, 4) is 0 Å². The Morgan fingerprint density at radius 1 is 1.43 bits per heavy atom. The fourth-order valence-corrected chi connectivity index (χ4v) is 1.05. The molecule has 0 aromatic carbocycles. The molecule has 0 radical (unpaired) electrons. The van der Waals surface area contributed by atoms with Crippen LogP contribution in [-0.4, -0.2) is 54.3 Å². The molecule has 0 aromatic heterocycles. The molecule has 0 spiro atoms. The average Bonchev–Trinajstić information content (AvgIpc) is 2.17. The van der Waals surface area contributed by atoms with E-state index in [1.54, 1.807) is 6.92 Å². The largest absolute Gasteiger partial charge is 0.465 e. The van der Waals surface area contributed by atoms with Gasteiger partial charge in [0.1, 0.15) is 6.04 Å². The number of amides is 2. The van der Waals surface area contributed by atoms with Crippen molar-refractivity contribution in [2.75, 3.05) is 21.2 Å². The van der Waals surface area contributed by atoms with Crippen LogP contribution in [0, 0.1) is 0 Å². The molecule has 0 unspecified atom stereocenters. The van der Waals surface area contributed by atoms with E-state index in [-0.39, 0.29) is 5.91 Å². The maximum Gasteiger partial charge on any atom is 0.407 e. The second-order valence-corrected chi connectivity index (χ2v) is 2.84. The lowest BCUT2D eigenvalue weighted by atomic mass is 10.2. The smallest absolute Gasteiger partial charge is 0.407 e. The number of hydrogen-bond donors (Lipinski definition) is 1. The Kier molecular flexibility index (Phi) is 4.93. The Labute approximate surface area is 83.0 Å². The summed E-state index contributed by atoms with van der Waals surface area (Å²) in [7, 11) is 4.16. The zero-order chi connectivity index (χ0) is 11.3. The van der Waals surface area contributed by atoms with Crippen LogP contribution in [0.2, 0.25) is 0 Å². The summed E-state index contributed by atoms with van der Waals surface area (Å²) < 4.78 is 0. The third-order valence-electron chi connectivity index (χ3n) is 2.03. The van der Waals surface area contributed by atoms with Gasteiger partial charge >= 0.3 is 6.09 Å². The van der Waals surface area contributed by atoms with Crippen LogP contribution in [0.4, 0.5) is 4.79 Å². The van der Waals surface area contributed by atoms with Crippen molar-refractivity contribution < 1.29 is 19.5 Å². The molecule has 6 nitrogen and oxygen atoms in total. The number of nitrogens with zero attached hydrogens (tertiary/aromatic N) is 2. The van der Waals surface area contributed by atoms with Crippen LogP contribution in [-0.2, 0) is 9.63 Å². The lowest BCUT2D eigenvalue weighted by Gasteiger charge is -2.26. The molecule has 0 aromatic rings. The quantitative estimate of drug-likeness (QED) is 0.673. The van der Waals surface area contributed by atoms with Crippen molar-refractivity contribution in [1.29, 1.82) is 0 Å². The molecular formula is C8H16N2O4. The maximum absolute atomic E-state index is 11.5. The van der Waals surface area contributed by atoms with Crippen molar-refractivity contribution in [3.63, 3.8) is 0 Å². The van der Waals surface area contributed by atoms with Crippen molar-refractivity contribution in [2.45, 2.75) is 19.4 Å². The van der Waals surface area contributed by atoms with Crippen molar-refractivity contribution in [2.24, 2.45) is 0 Å². The van der Waals surface area contributed by atoms with Gasteiger partial charge in [0.25, 0.3) is 5.91 Å². The van der Waals surface area contributed by atoms with Gasteiger partial charge in [0.2, 0.25) is 0 Å². The van der Waals surface area contributed by atoms with E-state index >= 15 is 0 Å². The van der Waals surface area contributed by atoms with Crippen LogP contribution in [0.1, 0.15) is 13.3 Å². The van der Waals surface area contributed by atoms with E-state index in [0.717, 1.165) is 9.96 Å². The van der Waals surface area contributed by atoms with Gasteiger partial charge in [0.15, 0.2) is 0 Å². The van der Waals surface area contributed by atoms with E-state index in [4.69, 9.17) is 5.11 Å². The minimum Gasteiger partial charge on any atom is -0.465 e. The SMILES string of the molecule is CC[C@@H](C(=O)N(C)OC)N(C)C(=O)O. The van der Waals surface area contributed by atoms with Crippen LogP contribution < -0.4 is 0 Å². The number of rotatable bonds is 4. The minimum absolute atomic E-state index is 0.375. The van der Waals surface area contributed by atoms with Crippen molar-refractivity contribution >= 4 is 12.0 Å². The van der Waals surface area contributed by atoms with Gasteiger partial charge in [-0.25, -0.2) is 9.86 Å². The molecule has 0 saturated carbocycles. The van der Waals surface area contributed by atoms with Gasteiger partial charge in [-0.1, -0.05) is 6.92 Å². The summed E-state index contributed by atoms with van der Waals surface area (Å²) in [4.78, 5) is 27.8. The molecule has 0 aliphatic carbocycles. The van der Waals surface area contributed by atoms with Crippen molar-refractivity contribution in [1.82, 2.24) is 9.96 Å². The first-order chi connectivity index (χ1) is 6.45. The van der Waals surface area contributed by atoms with E-state index in [9.17, 15) is 9.59 Å². The molecule has 0 bridgehead atoms. The number of hydrogen-bond acceptors (Lipinski definition) is 3. The summed E-state index contributed by atoms with van der Waals surface area (Å²) in [6.07, 6.45) is -0.718. The minimum atomic E-state index is -1.13. The highest BCUT2D eigenvalue weighted by Gasteiger charge is 2.27. The van der Waals surface area contributed by atoms with Crippen LogP contribution >= 0.6 is 0 Å². The molecule has 2 amide bonds. The van der Waals surface area contributed by atoms with Gasteiger partial charge in [-0.3, -0.25) is 14.5 Å². The third kappa shape index (κ3) is 2.88. The van der Waals surface area contributed by atoms with E-state index in [1.165, 1.54) is 21.2 Å². The Balaban J connectivity index is 4.55. The van der Waals surface area contributed by atoms with Crippen LogP contribution in [0.5, 0.6) is 0 Å². The second kappa shape index (κ2) is 5.43. The lowest BCUT2D eigenvalue weighted by Crippen LogP contribution is -2.47. The van der Waals surface area contributed by atoms with Crippen LogP contribution in [0.15, 0.2) is 0 Å². The monoisotopic (exact) mass is 204 g/mol. The first-order valence-corrected chi connectivity index (χ1v) is 4.23. The Hall–Kier alpha value is -1.30. The third-order valence-corrected chi connectivity index (χ3v) is 2.03. The highest BCUT2D eigenvalue weighted by atomic mass is 16.7. The Morgan fingerprint density at radius 3 is 2.21 bits per heavy atom. The first-order valence-electron chi connectivity index (χ1n) is 4.23. The number of carbonyl (C=O) groups excluding carboxylic acids is 1. The van der Waals surface area contributed by atoms with Gasteiger partial charge in [0.05, 0.1) is 7.11 Å². The number of likely N-dealkylation sites (N-methyl/N-ethyl adjacent to an activating group) is 2. The summed E-state index contributed by atoms with van der Waals surface area (Å²) >= 11 is 0. The average molecular weight is 204 g/mol. The van der Waals surface area contributed by atoms with Gasteiger partial charge in [-0.15, -0.1) is 0 Å². The van der Waals surface area contributed by atoms with Gasteiger partial charge in [-0.05, 0) is 6.42 Å². The van der Waals surface area contributed by atoms with Gasteiger partial charge in [-0.2, -0.15) is 0 Å². The molecule has 0 saturated heterocycles. The molecule has 0 aliphatic rings. The lowest BCUT2D eigenvalue weighted by molar-refractivity contribution is -0.173. The zero-order valence-electron chi connectivity index (χ0n) is 8.85. The zero-order valence-corrected chi connectivity index (χ0v) is 8.85. The van der Waals surface area contributed by atoms with Crippen LogP contribution in [0.25, 0.3) is 0 Å². The number of carbonyl (C=O) groups is 2. The fraction of sp³-hybridized carbons (Fsp3) is 0.750. The van der Waals surface area contributed by atoms with E-state index in [0.29, 0.717) is 6.42 Å². The predicted octanol–water partition coefficient (Wildman–Crippen LogP) is 0.395. The molecule has 6 heteroatoms. The van der Waals surface area contributed by atoms with Gasteiger partial charge in [0, 0.05) is 14.1 Å². The summed E-state index contributed by atoms with van der Waals surface area (Å²) in [5.74, 6) is -0.375. The second-order valence-electron chi connectivity index (χ2n) is 2.84. The molecule has 1 atom stereocenters. The highest BCUT2D eigenvalue weighted by Crippen LogP contribution is 2.05. The molecule has 0 rings (SSSR count). The standard InChI is InChI=1S/C8H16N2O4/c1-5-6(9(2)8(12)13)7(11)10(3)14-4/h6H,5H2,1-4H3,(H,12,13)/t6-/m0/s1. The Morgan fingerprint density at radius 2 is 1.93 bits per heavy atom. The number of hydroxylamine groups is 2. The summed E-state index contributed by atoms with van der Waals surface area (Å²) in [5, 5.41) is 9.72. The van der Waals surface area contributed by atoms with E-state index in [1.807, 2.05) is 0 Å². The Bertz CT molecular complexity index is 219. The molecule has 0 aliphatic heterocycles. The molecule has 0 heterocycles. The molecule has 1 N–H and O–H groups in total. The molecule has 14 heavy (non-hydrogen) atoms.